The van der Waals surface area contributed by atoms with Gasteiger partial charge in [-0.05, 0) is 18.2 Å². The minimum atomic E-state index is -0.474. The van der Waals surface area contributed by atoms with Crippen LogP contribution in [0.3, 0.4) is 0 Å². The Balaban J connectivity index is 2.62. The van der Waals surface area contributed by atoms with Crippen molar-refractivity contribution in [1.29, 1.82) is 0 Å². The summed E-state index contributed by atoms with van der Waals surface area (Å²) in [7, 11) is 2.96. The van der Waals surface area contributed by atoms with Crippen LogP contribution < -0.4 is 10.1 Å². The van der Waals surface area contributed by atoms with Crippen LogP contribution in [0.1, 0.15) is 15.9 Å². The van der Waals surface area contributed by atoms with E-state index in [1.807, 2.05) is 0 Å². The summed E-state index contributed by atoms with van der Waals surface area (Å²) < 4.78 is 9.91. The van der Waals surface area contributed by atoms with Crippen molar-refractivity contribution in [2.75, 3.05) is 14.2 Å². The summed E-state index contributed by atoms with van der Waals surface area (Å²) in [5, 5.41) is 2.24. The first-order chi connectivity index (χ1) is 8.17. The van der Waals surface area contributed by atoms with Crippen molar-refractivity contribution in [2.45, 2.75) is 0 Å². The monoisotopic (exact) mass is 233 g/mol. The summed E-state index contributed by atoms with van der Waals surface area (Å²) in [6.45, 7) is 0. The molecular weight excluding hydrogens is 222 g/mol. The van der Waals surface area contributed by atoms with Crippen LogP contribution in [0.5, 0.6) is 5.75 Å². The molecule has 1 aromatic rings. The normalized spacial score (nSPS) is 16.5. The smallest absolute Gasteiger partial charge is 0.261 e. The average Bonchev–Trinajstić information content (AvgIpc) is 2.33. The van der Waals surface area contributed by atoms with Crippen molar-refractivity contribution in [3.8, 4) is 5.75 Å². The Hall–Kier alpha value is -2.30. The second-order valence-corrected chi connectivity index (χ2v) is 3.46. The molecule has 1 aliphatic rings. The highest BCUT2D eigenvalue weighted by molar-refractivity contribution is 6.30. The number of carbonyl (C=O) groups is 2. The highest BCUT2D eigenvalue weighted by Crippen LogP contribution is 2.27. The minimum absolute atomic E-state index is 0.306. The van der Waals surface area contributed by atoms with Crippen molar-refractivity contribution in [3.05, 3.63) is 35.6 Å². The van der Waals surface area contributed by atoms with E-state index in [9.17, 15) is 9.59 Å². The van der Waals surface area contributed by atoms with Crippen LogP contribution in [0.25, 0.3) is 5.57 Å². The minimum Gasteiger partial charge on any atom is -0.504 e. The number of ether oxygens (including phenoxy) is 2. The third kappa shape index (κ3) is 1.87. The molecule has 0 bridgehead atoms. The van der Waals surface area contributed by atoms with Gasteiger partial charge in [0.2, 0.25) is 0 Å². The predicted molar refractivity (Wildman–Crippen MR) is 60.5 cm³/mol. The van der Waals surface area contributed by atoms with Gasteiger partial charge >= 0.3 is 0 Å². The fraction of sp³-hybridized carbons (Fsp3) is 0.167. The van der Waals surface area contributed by atoms with E-state index >= 15 is 0 Å². The summed E-state index contributed by atoms with van der Waals surface area (Å²) >= 11 is 0. The van der Waals surface area contributed by atoms with Crippen molar-refractivity contribution in [2.24, 2.45) is 0 Å². The van der Waals surface area contributed by atoms with E-state index in [1.165, 1.54) is 20.5 Å². The Morgan fingerprint density at radius 1 is 1.12 bits per heavy atom. The first kappa shape index (κ1) is 11.2. The Kier molecular flexibility index (Phi) is 2.82. The molecule has 17 heavy (non-hydrogen) atoms. The van der Waals surface area contributed by atoms with E-state index in [4.69, 9.17) is 9.47 Å². The van der Waals surface area contributed by atoms with Crippen molar-refractivity contribution in [3.63, 3.8) is 0 Å². The van der Waals surface area contributed by atoms with Gasteiger partial charge < -0.3 is 9.47 Å². The molecule has 1 aromatic carbocycles. The molecule has 5 nitrogen and oxygen atoms in total. The number of benzene rings is 1. The Labute approximate surface area is 98.0 Å². The van der Waals surface area contributed by atoms with Gasteiger partial charge in [0.1, 0.15) is 5.75 Å². The van der Waals surface area contributed by atoms with E-state index in [1.54, 1.807) is 18.2 Å². The molecule has 0 saturated heterocycles. The summed E-state index contributed by atoms with van der Waals surface area (Å²) in [6.07, 6.45) is 1.31. The maximum atomic E-state index is 11.6. The van der Waals surface area contributed by atoms with E-state index in [0.29, 0.717) is 22.4 Å². The van der Waals surface area contributed by atoms with Gasteiger partial charge in [0.05, 0.1) is 26.1 Å². The fourth-order valence-electron chi connectivity index (χ4n) is 1.67. The zero-order valence-electron chi connectivity index (χ0n) is 9.44. The van der Waals surface area contributed by atoms with Gasteiger partial charge in [0.25, 0.3) is 11.8 Å². The van der Waals surface area contributed by atoms with Gasteiger partial charge in [-0.2, -0.15) is 0 Å². The van der Waals surface area contributed by atoms with E-state index in [2.05, 4.69) is 5.32 Å². The number of methoxy groups -OCH3 is 2. The largest absolute Gasteiger partial charge is 0.504 e. The molecule has 1 heterocycles. The van der Waals surface area contributed by atoms with Crippen molar-refractivity contribution in [1.82, 2.24) is 5.32 Å². The molecule has 0 saturated carbocycles. The summed E-state index contributed by atoms with van der Waals surface area (Å²) in [6, 6.07) is 4.91. The lowest BCUT2D eigenvalue weighted by molar-refractivity contribution is -0.114. The second kappa shape index (κ2) is 4.29. The molecule has 0 aromatic heterocycles. The van der Waals surface area contributed by atoms with E-state index in [-0.39, 0.29) is 0 Å². The van der Waals surface area contributed by atoms with Crippen molar-refractivity contribution >= 4 is 17.4 Å². The lowest BCUT2D eigenvalue weighted by Gasteiger charge is -2.18. The molecule has 1 aliphatic heterocycles. The summed E-state index contributed by atoms with van der Waals surface area (Å²) in [5.41, 5.74) is 1.25. The van der Waals surface area contributed by atoms with Gasteiger partial charge in [-0.3, -0.25) is 14.9 Å². The number of fused-ring (bicyclic) bond motifs is 1. The van der Waals surface area contributed by atoms with Crippen LogP contribution in [0.15, 0.2) is 24.5 Å². The lowest BCUT2D eigenvalue weighted by atomic mass is 9.95. The van der Waals surface area contributed by atoms with Crippen LogP contribution in [-0.4, -0.2) is 26.0 Å². The molecular formula is C12H11NO4. The fourth-order valence-corrected chi connectivity index (χ4v) is 1.67. The highest BCUT2D eigenvalue weighted by Gasteiger charge is 2.27. The Morgan fingerprint density at radius 2 is 1.88 bits per heavy atom. The first-order valence-corrected chi connectivity index (χ1v) is 4.94. The van der Waals surface area contributed by atoms with Crippen molar-refractivity contribution < 1.29 is 19.1 Å². The molecule has 0 radical (unpaired) electrons. The summed E-state index contributed by atoms with van der Waals surface area (Å²) in [5.74, 6) is -0.313. The van der Waals surface area contributed by atoms with Gasteiger partial charge in [0.15, 0.2) is 0 Å². The number of rotatable bonds is 2. The quantitative estimate of drug-likeness (QED) is 0.469. The molecule has 0 spiro atoms. The lowest BCUT2D eigenvalue weighted by Crippen LogP contribution is -2.36. The number of nitrogens with one attached hydrogen (secondary N) is 1. The predicted octanol–water partition coefficient (Wildman–Crippen LogP) is 0.953. The number of amides is 2. The van der Waals surface area contributed by atoms with E-state index < -0.39 is 11.8 Å². The maximum Gasteiger partial charge on any atom is 0.261 e. The second-order valence-electron chi connectivity index (χ2n) is 3.46. The Morgan fingerprint density at radius 3 is 2.53 bits per heavy atom. The average molecular weight is 233 g/mol. The highest BCUT2D eigenvalue weighted by atomic mass is 16.5. The molecule has 0 unspecified atom stereocenters. The molecule has 0 atom stereocenters. The van der Waals surface area contributed by atoms with Crippen LogP contribution in [0, 0.1) is 0 Å². The van der Waals surface area contributed by atoms with Crippen LogP contribution in [-0.2, 0) is 9.53 Å². The van der Waals surface area contributed by atoms with Gasteiger partial charge in [-0.1, -0.05) is 0 Å². The molecule has 0 aliphatic carbocycles. The SMILES string of the molecule is COC=C1C(=O)NC(=O)c2ccc(OC)cc21. The van der Waals surface area contributed by atoms with Crippen LogP contribution in [0.2, 0.25) is 0 Å². The van der Waals surface area contributed by atoms with Crippen LogP contribution >= 0.6 is 0 Å². The third-order valence-corrected chi connectivity index (χ3v) is 2.47. The molecule has 0 fully saturated rings. The number of imide groups is 1. The molecule has 5 heteroatoms. The molecule has 1 N–H and O–H groups in total. The zero-order chi connectivity index (χ0) is 12.4. The van der Waals surface area contributed by atoms with Gasteiger partial charge in [-0.25, -0.2) is 0 Å². The molecule has 88 valence electrons. The van der Waals surface area contributed by atoms with Gasteiger partial charge in [0, 0.05) is 11.1 Å². The number of hydrogen-bond acceptors (Lipinski definition) is 4. The zero-order valence-corrected chi connectivity index (χ0v) is 9.44. The van der Waals surface area contributed by atoms with Crippen LogP contribution in [0.4, 0.5) is 0 Å². The maximum absolute atomic E-state index is 11.6. The number of carbonyl (C=O) groups excluding carboxylic acids is 2. The first-order valence-electron chi connectivity index (χ1n) is 4.94. The van der Waals surface area contributed by atoms with E-state index in [0.717, 1.165) is 0 Å². The molecule has 2 rings (SSSR count). The summed E-state index contributed by atoms with van der Waals surface area (Å²) in [4.78, 5) is 23.2. The van der Waals surface area contributed by atoms with Gasteiger partial charge in [-0.15, -0.1) is 0 Å². The standard InChI is InChI=1S/C12H11NO4/c1-16-6-10-9-5-7(17-2)3-4-8(9)11(14)13-12(10)15/h3-6H,1-2H3,(H,13,14,15). The molecule has 2 amide bonds. The third-order valence-electron chi connectivity index (χ3n) is 2.47. The Bertz CT molecular complexity index is 519. The number of hydrogen-bond donors (Lipinski definition) is 1. The topological polar surface area (TPSA) is 64.6 Å².